The standard InChI is InChI=1S/C20H17F2N3O2/c21-17-6-3-15(11-18(17)22)20(27)25-9-7-14(8-10-25)19(26)24-16-4-1-13(12-23)2-5-16/h1-6,11,14H,7-10H2,(H,24,26). The summed E-state index contributed by atoms with van der Waals surface area (Å²) in [6, 6.07) is 11.7. The van der Waals surface area contributed by atoms with Gasteiger partial charge in [-0.3, -0.25) is 9.59 Å². The van der Waals surface area contributed by atoms with Crippen molar-refractivity contribution in [3.63, 3.8) is 0 Å². The second kappa shape index (κ2) is 7.96. The molecule has 2 amide bonds. The fraction of sp³-hybridized carbons (Fsp3) is 0.250. The molecule has 1 aliphatic heterocycles. The summed E-state index contributed by atoms with van der Waals surface area (Å²) in [5.41, 5.74) is 1.21. The number of anilines is 1. The van der Waals surface area contributed by atoms with Gasteiger partial charge in [0.25, 0.3) is 5.91 Å². The Hall–Kier alpha value is -3.27. The number of benzene rings is 2. The molecule has 2 aromatic carbocycles. The summed E-state index contributed by atoms with van der Waals surface area (Å²) >= 11 is 0. The number of nitrogens with one attached hydrogen (secondary N) is 1. The number of nitrogens with zero attached hydrogens (tertiary/aromatic N) is 2. The smallest absolute Gasteiger partial charge is 0.253 e. The lowest BCUT2D eigenvalue weighted by atomic mass is 9.95. The van der Waals surface area contributed by atoms with Crippen molar-refractivity contribution in [3.8, 4) is 6.07 Å². The van der Waals surface area contributed by atoms with Crippen LogP contribution in [0.2, 0.25) is 0 Å². The normalized spacial score (nSPS) is 14.5. The van der Waals surface area contributed by atoms with Crippen molar-refractivity contribution in [2.45, 2.75) is 12.8 Å². The number of carbonyl (C=O) groups is 2. The van der Waals surface area contributed by atoms with Crippen molar-refractivity contribution in [2.24, 2.45) is 5.92 Å². The van der Waals surface area contributed by atoms with E-state index in [1.807, 2.05) is 6.07 Å². The van der Waals surface area contributed by atoms with Crippen LogP contribution in [0.1, 0.15) is 28.8 Å². The van der Waals surface area contributed by atoms with Crippen molar-refractivity contribution < 1.29 is 18.4 Å². The fourth-order valence-electron chi connectivity index (χ4n) is 3.03. The Balaban J connectivity index is 1.56. The molecule has 7 heteroatoms. The lowest BCUT2D eigenvalue weighted by Gasteiger charge is -2.31. The van der Waals surface area contributed by atoms with E-state index in [4.69, 9.17) is 5.26 Å². The first-order chi connectivity index (χ1) is 13.0. The van der Waals surface area contributed by atoms with E-state index < -0.39 is 11.6 Å². The monoisotopic (exact) mass is 369 g/mol. The van der Waals surface area contributed by atoms with Gasteiger partial charge < -0.3 is 10.2 Å². The Morgan fingerprint density at radius 1 is 1.04 bits per heavy atom. The molecular formula is C20H17F2N3O2. The summed E-state index contributed by atoms with van der Waals surface area (Å²) in [5, 5.41) is 11.6. The maximum Gasteiger partial charge on any atom is 0.253 e. The Morgan fingerprint density at radius 2 is 1.70 bits per heavy atom. The molecule has 0 bridgehead atoms. The summed E-state index contributed by atoms with van der Waals surface area (Å²) < 4.78 is 26.3. The van der Waals surface area contributed by atoms with E-state index in [1.54, 1.807) is 24.3 Å². The van der Waals surface area contributed by atoms with Crippen LogP contribution in [0.25, 0.3) is 0 Å². The molecule has 0 unspecified atom stereocenters. The van der Waals surface area contributed by atoms with Crippen LogP contribution in [-0.2, 0) is 4.79 Å². The SMILES string of the molecule is N#Cc1ccc(NC(=O)C2CCN(C(=O)c3ccc(F)c(F)c3)CC2)cc1. The minimum absolute atomic E-state index is 0.0920. The van der Waals surface area contributed by atoms with Gasteiger partial charge in [-0.2, -0.15) is 5.26 Å². The molecule has 3 rings (SSSR count). The number of piperidine rings is 1. The average Bonchev–Trinajstić information content (AvgIpc) is 2.70. The van der Waals surface area contributed by atoms with Crippen molar-refractivity contribution in [1.29, 1.82) is 5.26 Å². The van der Waals surface area contributed by atoms with Crippen LogP contribution < -0.4 is 5.32 Å². The van der Waals surface area contributed by atoms with Crippen molar-refractivity contribution in [1.82, 2.24) is 4.90 Å². The van der Waals surface area contributed by atoms with Gasteiger partial charge in [0.1, 0.15) is 0 Å². The van der Waals surface area contributed by atoms with E-state index >= 15 is 0 Å². The Morgan fingerprint density at radius 3 is 2.30 bits per heavy atom. The third kappa shape index (κ3) is 4.29. The van der Waals surface area contributed by atoms with Gasteiger partial charge in [0.15, 0.2) is 11.6 Å². The lowest BCUT2D eigenvalue weighted by Crippen LogP contribution is -2.41. The van der Waals surface area contributed by atoms with Gasteiger partial charge >= 0.3 is 0 Å². The molecule has 5 nitrogen and oxygen atoms in total. The molecule has 27 heavy (non-hydrogen) atoms. The molecule has 0 radical (unpaired) electrons. The molecule has 1 fully saturated rings. The lowest BCUT2D eigenvalue weighted by molar-refractivity contribution is -0.121. The number of likely N-dealkylation sites (tertiary alicyclic amines) is 1. The maximum absolute atomic E-state index is 13.3. The van der Waals surface area contributed by atoms with Crippen LogP contribution in [0.4, 0.5) is 14.5 Å². The van der Waals surface area contributed by atoms with Gasteiger partial charge in [-0.25, -0.2) is 8.78 Å². The summed E-state index contributed by atoms with van der Waals surface area (Å²) in [6.45, 7) is 0.729. The minimum atomic E-state index is -1.06. The molecule has 0 aromatic heterocycles. The number of hydrogen-bond donors (Lipinski definition) is 1. The van der Waals surface area contributed by atoms with Crippen molar-refractivity contribution in [3.05, 3.63) is 65.2 Å². The van der Waals surface area contributed by atoms with E-state index in [2.05, 4.69) is 5.32 Å². The van der Waals surface area contributed by atoms with Crippen molar-refractivity contribution in [2.75, 3.05) is 18.4 Å². The van der Waals surface area contributed by atoms with E-state index in [9.17, 15) is 18.4 Å². The fourth-order valence-corrected chi connectivity index (χ4v) is 3.03. The third-order valence-corrected chi connectivity index (χ3v) is 4.60. The van der Waals surface area contributed by atoms with Gasteiger partial charge in [-0.1, -0.05) is 0 Å². The van der Waals surface area contributed by atoms with Gasteiger partial charge in [-0.05, 0) is 55.3 Å². The number of carbonyl (C=O) groups excluding carboxylic acids is 2. The summed E-state index contributed by atoms with van der Waals surface area (Å²) in [5.74, 6) is -2.81. The van der Waals surface area contributed by atoms with Crippen LogP contribution >= 0.6 is 0 Å². The Bertz CT molecular complexity index is 898. The maximum atomic E-state index is 13.3. The number of amides is 2. The molecule has 0 atom stereocenters. The molecule has 1 saturated heterocycles. The van der Waals surface area contributed by atoms with Crippen LogP contribution in [0.3, 0.4) is 0 Å². The second-order valence-corrected chi connectivity index (χ2v) is 6.37. The predicted molar refractivity (Wildman–Crippen MR) is 94.8 cm³/mol. The zero-order valence-electron chi connectivity index (χ0n) is 14.4. The highest BCUT2D eigenvalue weighted by Gasteiger charge is 2.28. The molecule has 0 spiro atoms. The number of halogens is 2. The summed E-state index contributed by atoms with van der Waals surface area (Å²) in [4.78, 5) is 26.3. The largest absolute Gasteiger partial charge is 0.339 e. The third-order valence-electron chi connectivity index (χ3n) is 4.60. The topological polar surface area (TPSA) is 73.2 Å². The van der Waals surface area contributed by atoms with Crippen molar-refractivity contribution >= 4 is 17.5 Å². The molecular weight excluding hydrogens is 352 g/mol. The molecule has 2 aromatic rings. The Kier molecular flexibility index (Phi) is 5.46. The highest BCUT2D eigenvalue weighted by Crippen LogP contribution is 2.22. The van der Waals surface area contributed by atoms with Crippen LogP contribution in [-0.4, -0.2) is 29.8 Å². The number of nitriles is 1. The highest BCUT2D eigenvalue weighted by molar-refractivity contribution is 5.95. The number of hydrogen-bond acceptors (Lipinski definition) is 3. The van der Waals surface area contributed by atoms with Gasteiger partial charge in [-0.15, -0.1) is 0 Å². The first-order valence-corrected chi connectivity index (χ1v) is 8.53. The predicted octanol–water partition coefficient (Wildman–Crippen LogP) is 3.33. The average molecular weight is 369 g/mol. The molecule has 1 aliphatic rings. The molecule has 138 valence electrons. The summed E-state index contributed by atoms with van der Waals surface area (Å²) in [6.07, 6.45) is 0.967. The van der Waals surface area contributed by atoms with E-state index in [1.165, 1.54) is 11.0 Å². The molecule has 1 heterocycles. The zero-order valence-corrected chi connectivity index (χ0v) is 14.4. The van der Waals surface area contributed by atoms with Crippen LogP contribution in [0, 0.1) is 28.9 Å². The quantitative estimate of drug-likeness (QED) is 0.902. The highest BCUT2D eigenvalue weighted by atomic mass is 19.2. The van der Waals surface area contributed by atoms with Crippen LogP contribution in [0.5, 0.6) is 0 Å². The van der Waals surface area contributed by atoms with E-state index in [0.29, 0.717) is 37.2 Å². The Labute approximate surface area is 155 Å². The molecule has 0 aliphatic carbocycles. The second-order valence-electron chi connectivity index (χ2n) is 6.37. The van der Waals surface area contributed by atoms with Crippen LogP contribution in [0.15, 0.2) is 42.5 Å². The number of rotatable bonds is 3. The first-order valence-electron chi connectivity index (χ1n) is 8.53. The zero-order chi connectivity index (χ0) is 19.4. The van der Waals surface area contributed by atoms with Gasteiger partial charge in [0, 0.05) is 30.3 Å². The van der Waals surface area contributed by atoms with Gasteiger partial charge in [0.05, 0.1) is 11.6 Å². The minimum Gasteiger partial charge on any atom is -0.339 e. The first kappa shape index (κ1) is 18.5. The van der Waals surface area contributed by atoms with E-state index in [0.717, 1.165) is 12.1 Å². The molecule has 0 saturated carbocycles. The summed E-state index contributed by atoms with van der Waals surface area (Å²) in [7, 11) is 0. The molecule has 1 N–H and O–H groups in total. The van der Waals surface area contributed by atoms with E-state index in [-0.39, 0.29) is 23.3 Å². The van der Waals surface area contributed by atoms with Gasteiger partial charge in [0.2, 0.25) is 5.91 Å².